The summed E-state index contributed by atoms with van der Waals surface area (Å²) in [5, 5.41) is 12.6. The van der Waals surface area contributed by atoms with Crippen LogP contribution >= 0.6 is 11.3 Å². The van der Waals surface area contributed by atoms with Crippen LogP contribution in [0.2, 0.25) is 0 Å². The number of rotatable bonds is 6. The smallest absolute Gasteiger partial charge is 0.347 e. The Morgan fingerprint density at radius 3 is 2.62 bits per heavy atom. The van der Waals surface area contributed by atoms with E-state index in [0.717, 1.165) is 30.6 Å². The highest BCUT2D eigenvalue weighted by molar-refractivity contribution is 7.13. The monoisotopic (exact) mass is 312 g/mol. The molecule has 2 N–H and O–H groups in total. The van der Waals surface area contributed by atoms with E-state index in [0.29, 0.717) is 17.3 Å². The Morgan fingerprint density at radius 2 is 2.19 bits per heavy atom. The highest BCUT2D eigenvalue weighted by atomic mass is 32.1. The number of amides is 1. The number of carbonyl (C=O) groups is 2. The van der Waals surface area contributed by atoms with Gasteiger partial charge in [0.15, 0.2) is 0 Å². The number of hydrogen-bond donors (Lipinski definition) is 2. The van der Waals surface area contributed by atoms with E-state index in [1.165, 1.54) is 0 Å². The van der Waals surface area contributed by atoms with Crippen molar-refractivity contribution < 1.29 is 19.4 Å². The molecule has 1 saturated carbocycles. The topological polar surface area (TPSA) is 88.5 Å². The molecule has 7 heteroatoms. The van der Waals surface area contributed by atoms with Crippen molar-refractivity contribution in [2.45, 2.75) is 39.2 Å². The zero-order valence-corrected chi connectivity index (χ0v) is 13.2. The van der Waals surface area contributed by atoms with Gasteiger partial charge in [0.2, 0.25) is 5.91 Å². The maximum absolute atomic E-state index is 12.4. The van der Waals surface area contributed by atoms with Crippen LogP contribution < -0.4 is 5.32 Å². The molecule has 0 radical (unpaired) electrons. The van der Waals surface area contributed by atoms with Gasteiger partial charge in [0, 0.05) is 7.11 Å². The lowest BCUT2D eigenvalue weighted by molar-refractivity contribution is -0.141. The summed E-state index contributed by atoms with van der Waals surface area (Å²) in [6, 6.07) is -0.302. The Morgan fingerprint density at radius 1 is 1.52 bits per heavy atom. The number of hydrogen-bond acceptors (Lipinski definition) is 5. The second kappa shape index (κ2) is 6.11. The molecule has 1 aliphatic rings. The van der Waals surface area contributed by atoms with Crippen molar-refractivity contribution in [1.29, 1.82) is 0 Å². The molecule has 1 atom stereocenters. The van der Waals surface area contributed by atoms with Crippen molar-refractivity contribution in [2.75, 3.05) is 13.7 Å². The minimum absolute atomic E-state index is 0.0344. The zero-order valence-electron chi connectivity index (χ0n) is 12.4. The van der Waals surface area contributed by atoms with Gasteiger partial charge in [0.1, 0.15) is 9.88 Å². The van der Waals surface area contributed by atoms with Crippen LogP contribution in [0.1, 0.15) is 52.6 Å². The molecule has 2 rings (SSSR count). The number of carbonyl (C=O) groups excluding carboxylic acids is 1. The number of nitrogens with zero attached hydrogens (tertiary/aromatic N) is 1. The summed E-state index contributed by atoms with van der Waals surface area (Å²) in [6.45, 7) is 3.90. The lowest BCUT2D eigenvalue weighted by Crippen LogP contribution is -2.49. The van der Waals surface area contributed by atoms with Crippen molar-refractivity contribution >= 4 is 23.2 Å². The number of aryl methyl sites for hydroxylation is 1. The van der Waals surface area contributed by atoms with E-state index in [2.05, 4.69) is 10.3 Å². The molecule has 6 nitrogen and oxygen atoms in total. The maximum Gasteiger partial charge on any atom is 0.347 e. The molecule has 0 spiro atoms. The average Bonchev–Trinajstić information content (AvgIpc) is 2.76. The number of aromatic nitrogens is 1. The SMILES string of the molecule is COCC1(C(=O)NC(C)c2nc(C)c(C(=O)O)s2)CCC1. The molecule has 1 aliphatic carbocycles. The molecule has 1 unspecified atom stereocenters. The summed E-state index contributed by atoms with van der Waals surface area (Å²) in [7, 11) is 1.60. The first-order valence-corrected chi connectivity index (χ1v) is 7.72. The second-order valence-corrected chi connectivity index (χ2v) is 6.56. The lowest BCUT2D eigenvalue weighted by Gasteiger charge is -2.40. The van der Waals surface area contributed by atoms with Crippen LogP contribution in [-0.4, -0.2) is 35.7 Å². The third-order valence-corrected chi connectivity index (χ3v) is 5.27. The molecule has 116 valence electrons. The quantitative estimate of drug-likeness (QED) is 0.840. The molecule has 1 fully saturated rings. The number of aromatic carboxylic acids is 1. The Bertz CT molecular complexity index is 551. The van der Waals surface area contributed by atoms with E-state index in [1.807, 2.05) is 6.92 Å². The van der Waals surface area contributed by atoms with E-state index in [1.54, 1.807) is 14.0 Å². The summed E-state index contributed by atoms with van der Waals surface area (Å²) in [5.41, 5.74) is 0.0594. The van der Waals surface area contributed by atoms with E-state index >= 15 is 0 Å². The summed E-state index contributed by atoms with van der Waals surface area (Å²) in [6.07, 6.45) is 2.69. The van der Waals surface area contributed by atoms with Gasteiger partial charge in [-0.25, -0.2) is 9.78 Å². The summed E-state index contributed by atoms with van der Waals surface area (Å²) < 4.78 is 5.16. The van der Waals surface area contributed by atoms with E-state index in [-0.39, 0.29) is 16.8 Å². The Labute approximate surface area is 127 Å². The molecule has 0 bridgehead atoms. The number of thiazole rings is 1. The summed E-state index contributed by atoms with van der Waals surface area (Å²) >= 11 is 1.11. The van der Waals surface area contributed by atoms with Gasteiger partial charge in [0.25, 0.3) is 0 Å². The molecule has 1 amide bonds. The minimum Gasteiger partial charge on any atom is -0.477 e. The van der Waals surface area contributed by atoms with Crippen LogP contribution in [0.15, 0.2) is 0 Å². The maximum atomic E-state index is 12.4. The van der Waals surface area contributed by atoms with Crippen LogP contribution in [0.3, 0.4) is 0 Å². The number of ether oxygens (including phenoxy) is 1. The molecule has 1 aromatic heterocycles. The largest absolute Gasteiger partial charge is 0.477 e. The van der Waals surface area contributed by atoms with Crippen molar-refractivity contribution in [3.05, 3.63) is 15.6 Å². The molecular formula is C14H20N2O4S. The van der Waals surface area contributed by atoms with Crippen LogP contribution in [-0.2, 0) is 9.53 Å². The second-order valence-electron chi connectivity index (χ2n) is 5.53. The first-order valence-electron chi connectivity index (χ1n) is 6.90. The predicted octanol–water partition coefficient (Wildman–Crippen LogP) is 2.14. The predicted molar refractivity (Wildman–Crippen MR) is 78.5 cm³/mol. The Hall–Kier alpha value is -1.47. The van der Waals surface area contributed by atoms with Gasteiger partial charge in [-0.05, 0) is 26.7 Å². The standard InChI is InChI=1S/C14H20N2O4S/c1-8-10(12(17)18)21-11(15-8)9(2)16-13(19)14(7-20-3)5-4-6-14/h9H,4-7H2,1-3H3,(H,16,19)(H,17,18). The van der Waals surface area contributed by atoms with Crippen LogP contribution in [0.25, 0.3) is 0 Å². The van der Waals surface area contributed by atoms with Crippen molar-refractivity contribution in [3.63, 3.8) is 0 Å². The fourth-order valence-electron chi connectivity index (χ4n) is 2.53. The third kappa shape index (κ3) is 3.08. The molecular weight excluding hydrogens is 292 g/mol. The molecule has 21 heavy (non-hydrogen) atoms. The highest BCUT2D eigenvalue weighted by Gasteiger charge is 2.44. The normalized spacial score (nSPS) is 17.9. The fraction of sp³-hybridized carbons (Fsp3) is 0.643. The van der Waals surface area contributed by atoms with E-state index < -0.39 is 11.4 Å². The van der Waals surface area contributed by atoms with E-state index in [9.17, 15) is 9.59 Å². The first kappa shape index (κ1) is 15.9. The zero-order chi connectivity index (χ0) is 15.6. The molecule has 0 saturated heterocycles. The highest BCUT2D eigenvalue weighted by Crippen LogP contribution is 2.41. The number of nitrogens with one attached hydrogen (secondary N) is 1. The molecule has 0 aliphatic heterocycles. The van der Waals surface area contributed by atoms with Gasteiger partial charge in [-0.15, -0.1) is 11.3 Å². The van der Waals surface area contributed by atoms with Gasteiger partial charge in [-0.3, -0.25) is 4.79 Å². The molecule has 1 aromatic rings. The summed E-state index contributed by atoms with van der Waals surface area (Å²) in [4.78, 5) is 27.9. The van der Waals surface area contributed by atoms with Gasteiger partial charge in [-0.1, -0.05) is 6.42 Å². The molecule has 0 aromatic carbocycles. The van der Waals surface area contributed by atoms with Gasteiger partial charge < -0.3 is 15.2 Å². The number of carboxylic acids is 1. The number of methoxy groups -OCH3 is 1. The Kier molecular flexibility index (Phi) is 4.63. The molecule has 1 heterocycles. The van der Waals surface area contributed by atoms with Crippen LogP contribution in [0.4, 0.5) is 0 Å². The average molecular weight is 312 g/mol. The van der Waals surface area contributed by atoms with Crippen molar-refractivity contribution in [1.82, 2.24) is 10.3 Å². The Balaban J connectivity index is 2.07. The minimum atomic E-state index is -0.982. The fourth-order valence-corrected chi connectivity index (χ4v) is 3.44. The number of carboxylic acid groups (broad SMARTS) is 1. The van der Waals surface area contributed by atoms with E-state index in [4.69, 9.17) is 9.84 Å². The van der Waals surface area contributed by atoms with Gasteiger partial charge >= 0.3 is 5.97 Å². The van der Waals surface area contributed by atoms with Crippen molar-refractivity contribution in [2.24, 2.45) is 5.41 Å². The van der Waals surface area contributed by atoms with Crippen LogP contribution in [0, 0.1) is 12.3 Å². The van der Waals surface area contributed by atoms with Crippen LogP contribution in [0.5, 0.6) is 0 Å². The third-order valence-electron chi connectivity index (χ3n) is 3.94. The lowest BCUT2D eigenvalue weighted by atomic mass is 9.68. The first-order chi connectivity index (χ1) is 9.89. The van der Waals surface area contributed by atoms with Gasteiger partial charge in [-0.2, -0.15) is 0 Å². The van der Waals surface area contributed by atoms with Crippen molar-refractivity contribution in [3.8, 4) is 0 Å². The summed E-state index contributed by atoms with van der Waals surface area (Å²) in [5.74, 6) is -1.02. The van der Waals surface area contributed by atoms with Gasteiger partial charge in [0.05, 0.1) is 23.8 Å².